The van der Waals surface area contributed by atoms with E-state index in [-0.39, 0.29) is 5.60 Å². The summed E-state index contributed by atoms with van der Waals surface area (Å²) in [6.07, 6.45) is 8.21. The van der Waals surface area contributed by atoms with Crippen molar-refractivity contribution in [3.8, 4) is 0 Å². The molecule has 1 aromatic carbocycles. The van der Waals surface area contributed by atoms with Crippen LogP contribution in [0.5, 0.6) is 0 Å². The van der Waals surface area contributed by atoms with Gasteiger partial charge in [0.05, 0.1) is 11.2 Å². The van der Waals surface area contributed by atoms with E-state index in [1.807, 2.05) is 6.92 Å². The molecule has 1 aromatic rings. The second kappa shape index (κ2) is 5.73. The van der Waals surface area contributed by atoms with Crippen molar-refractivity contribution in [2.24, 2.45) is 5.92 Å². The van der Waals surface area contributed by atoms with Crippen LogP contribution in [0.3, 0.4) is 0 Å². The van der Waals surface area contributed by atoms with Gasteiger partial charge in [0.2, 0.25) is 0 Å². The van der Waals surface area contributed by atoms with Crippen LogP contribution < -0.4 is 0 Å². The summed E-state index contributed by atoms with van der Waals surface area (Å²) in [4.78, 5) is 0. The molecule has 2 aliphatic rings. The number of aryl methyl sites for hydroxylation is 1. The van der Waals surface area contributed by atoms with Crippen molar-refractivity contribution in [3.05, 3.63) is 35.4 Å². The molecule has 0 aromatic heterocycles. The molecule has 2 atom stereocenters. The first-order chi connectivity index (χ1) is 10.0. The van der Waals surface area contributed by atoms with Gasteiger partial charge in [0.1, 0.15) is 0 Å². The second-order valence-corrected chi connectivity index (χ2v) is 7.30. The Kier molecular flexibility index (Phi) is 4.11. The first-order valence-corrected chi connectivity index (χ1v) is 8.45. The third-order valence-corrected chi connectivity index (χ3v) is 5.66. The van der Waals surface area contributed by atoms with E-state index in [9.17, 15) is 5.11 Å². The zero-order chi connectivity index (χ0) is 14.9. The highest BCUT2D eigenvalue weighted by Crippen LogP contribution is 2.46. The maximum atomic E-state index is 11.2. The molecule has 1 heterocycles. The summed E-state index contributed by atoms with van der Waals surface area (Å²) in [7, 11) is 0. The molecule has 21 heavy (non-hydrogen) atoms. The largest absolute Gasteiger partial charge is 0.385 e. The molecule has 1 aliphatic carbocycles. The quantitative estimate of drug-likeness (QED) is 0.877. The Morgan fingerprint density at radius 2 is 2.00 bits per heavy atom. The molecule has 2 nitrogen and oxygen atoms in total. The van der Waals surface area contributed by atoms with Gasteiger partial charge < -0.3 is 9.84 Å². The van der Waals surface area contributed by atoms with Crippen LogP contribution in [0.2, 0.25) is 0 Å². The highest BCUT2D eigenvalue weighted by molar-refractivity contribution is 5.28. The van der Waals surface area contributed by atoms with E-state index in [1.54, 1.807) is 0 Å². The van der Waals surface area contributed by atoms with Gasteiger partial charge in [-0.05, 0) is 51.0 Å². The molecule has 3 rings (SSSR count). The fraction of sp³-hybridized carbons (Fsp3) is 0.684. The molecular weight excluding hydrogens is 260 g/mol. The predicted molar refractivity (Wildman–Crippen MR) is 85.2 cm³/mol. The fourth-order valence-corrected chi connectivity index (χ4v) is 4.25. The van der Waals surface area contributed by atoms with E-state index in [4.69, 9.17) is 4.74 Å². The van der Waals surface area contributed by atoms with Gasteiger partial charge in [0.15, 0.2) is 0 Å². The minimum atomic E-state index is -0.750. The lowest BCUT2D eigenvalue weighted by Crippen LogP contribution is -2.47. The van der Waals surface area contributed by atoms with E-state index in [0.717, 1.165) is 25.0 Å². The van der Waals surface area contributed by atoms with Crippen molar-refractivity contribution in [1.29, 1.82) is 0 Å². The van der Waals surface area contributed by atoms with Crippen molar-refractivity contribution in [2.45, 2.75) is 70.0 Å². The Labute approximate surface area is 128 Å². The number of benzene rings is 1. The molecule has 1 N–H and O–H groups in total. The zero-order valence-corrected chi connectivity index (χ0v) is 13.4. The van der Waals surface area contributed by atoms with Gasteiger partial charge in [-0.2, -0.15) is 0 Å². The molecule has 0 bridgehead atoms. The molecule has 2 unspecified atom stereocenters. The fourth-order valence-electron chi connectivity index (χ4n) is 4.25. The van der Waals surface area contributed by atoms with Crippen molar-refractivity contribution >= 4 is 0 Å². The van der Waals surface area contributed by atoms with Gasteiger partial charge in [-0.3, -0.25) is 0 Å². The Balaban J connectivity index is 1.81. The van der Waals surface area contributed by atoms with Crippen LogP contribution >= 0.6 is 0 Å². The average molecular weight is 288 g/mol. The third-order valence-electron chi connectivity index (χ3n) is 5.66. The third kappa shape index (κ3) is 3.02. The van der Waals surface area contributed by atoms with Crippen molar-refractivity contribution in [2.75, 3.05) is 6.61 Å². The SMILES string of the molecule is Cc1cccc(C(C)(O)C2CCOC3(CCCCC3)C2)c1. The van der Waals surface area contributed by atoms with Crippen molar-refractivity contribution < 1.29 is 9.84 Å². The minimum Gasteiger partial charge on any atom is -0.385 e. The lowest BCUT2D eigenvalue weighted by Gasteiger charge is -2.47. The normalized spacial score (nSPS) is 28.2. The predicted octanol–water partition coefficient (Wildman–Crippen LogP) is 4.33. The number of hydrogen-bond donors (Lipinski definition) is 1. The maximum absolute atomic E-state index is 11.2. The van der Waals surface area contributed by atoms with Crippen LogP contribution in [0.4, 0.5) is 0 Å². The van der Waals surface area contributed by atoms with Crippen molar-refractivity contribution in [3.63, 3.8) is 0 Å². The minimum absolute atomic E-state index is 0.0506. The van der Waals surface area contributed by atoms with Crippen LogP contribution in [0.25, 0.3) is 0 Å². The average Bonchev–Trinajstić information content (AvgIpc) is 2.48. The van der Waals surface area contributed by atoms with Crippen LogP contribution in [-0.4, -0.2) is 17.3 Å². The summed E-state index contributed by atoms with van der Waals surface area (Å²) in [6, 6.07) is 8.33. The molecular formula is C19H28O2. The maximum Gasteiger partial charge on any atom is 0.0898 e. The van der Waals surface area contributed by atoms with Gasteiger partial charge in [-0.1, -0.05) is 49.1 Å². The Morgan fingerprint density at radius 1 is 1.24 bits per heavy atom. The zero-order valence-electron chi connectivity index (χ0n) is 13.4. The van der Waals surface area contributed by atoms with Crippen LogP contribution in [-0.2, 0) is 10.3 Å². The molecule has 1 aliphatic heterocycles. The smallest absolute Gasteiger partial charge is 0.0898 e. The standard InChI is InChI=1S/C19H28O2/c1-15-7-6-8-16(13-15)18(2,20)17-9-12-21-19(14-17)10-4-3-5-11-19/h6-8,13,17,20H,3-5,9-12,14H2,1-2H3. The van der Waals surface area contributed by atoms with Gasteiger partial charge in [-0.25, -0.2) is 0 Å². The molecule has 116 valence electrons. The lowest BCUT2D eigenvalue weighted by molar-refractivity contribution is -0.154. The first kappa shape index (κ1) is 15.1. The Hall–Kier alpha value is -0.860. The highest BCUT2D eigenvalue weighted by atomic mass is 16.5. The van der Waals surface area contributed by atoms with E-state index in [2.05, 4.69) is 31.2 Å². The summed E-state index contributed by atoms with van der Waals surface area (Å²) < 4.78 is 6.18. The molecule has 0 radical (unpaired) electrons. The number of aliphatic hydroxyl groups is 1. The Bertz CT molecular complexity index is 481. The molecule has 2 fully saturated rings. The van der Waals surface area contributed by atoms with Gasteiger partial charge in [0.25, 0.3) is 0 Å². The Morgan fingerprint density at radius 3 is 2.71 bits per heavy atom. The molecule has 1 saturated carbocycles. The molecule has 2 heteroatoms. The van der Waals surface area contributed by atoms with Crippen molar-refractivity contribution in [1.82, 2.24) is 0 Å². The number of hydrogen-bond acceptors (Lipinski definition) is 2. The number of ether oxygens (including phenoxy) is 1. The van der Waals surface area contributed by atoms with E-state index >= 15 is 0 Å². The van der Waals surface area contributed by atoms with Gasteiger partial charge in [-0.15, -0.1) is 0 Å². The lowest BCUT2D eigenvalue weighted by atomic mass is 9.69. The topological polar surface area (TPSA) is 29.5 Å². The van der Waals surface area contributed by atoms with Crippen LogP contribution in [0.1, 0.15) is 63.0 Å². The van der Waals surface area contributed by atoms with Gasteiger partial charge in [0, 0.05) is 6.61 Å². The second-order valence-electron chi connectivity index (χ2n) is 7.30. The molecule has 1 saturated heterocycles. The first-order valence-electron chi connectivity index (χ1n) is 8.45. The summed E-state index contributed by atoms with van der Waals surface area (Å²) in [5.74, 6) is 0.297. The molecule has 0 amide bonds. The number of rotatable bonds is 2. The summed E-state index contributed by atoms with van der Waals surface area (Å²) >= 11 is 0. The van der Waals surface area contributed by atoms with Crippen LogP contribution in [0, 0.1) is 12.8 Å². The van der Waals surface area contributed by atoms with Gasteiger partial charge >= 0.3 is 0 Å². The van der Waals surface area contributed by atoms with E-state index in [0.29, 0.717) is 5.92 Å². The van der Waals surface area contributed by atoms with E-state index < -0.39 is 5.60 Å². The highest BCUT2D eigenvalue weighted by Gasteiger charge is 2.44. The van der Waals surface area contributed by atoms with E-state index in [1.165, 1.54) is 37.7 Å². The van der Waals surface area contributed by atoms with Crippen LogP contribution in [0.15, 0.2) is 24.3 Å². The summed E-state index contributed by atoms with van der Waals surface area (Å²) in [5, 5.41) is 11.2. The monoisotopic (exact) mass is 288 g/mol. The summed E-state index contributed by atoms with van der Waals surface area (Å²) in [5.41, 5.74) is 1.57. The molecule has 1 spiro atoms. The summed E-state index contributed by atoms with van der Waals surface area (Å²) in [6.45, 7) is 4.88.